The Bertz CT molecular complexity index is 52.4. The molecule has 0 amide bonds. The van der Waals surface area contributed by atoms with E-state index in [0.29, 0.717) is 0 Å². The molecule has 50 valence electrons. The minimum absolute atomic E-state index is 0.00926. The van der Waals surface area contributed by atoms with Crippen molar-refractivity contribution in [2.75, 3.05) is 13.1 Å². The summed E-state index contributed by atoms with van der Waals surface area (Å²) in [5, 5.41) is 0. The normalized spacial score (nSPS) is 14.6. The summed E-state index contributed by atoms with van der Waals surface area (Å²) in [4.78, 5) is 2.10. The van der Waals surface area contributed by atoms with Gasteiger partial charge in [0, 0.05) is 0 Å². The van der Waals surface area contributed by atoms with Crippen molar-refractivity contribution in [2.24, 2.45) is 0 Å². The van der Waals surface area contributed by atoms with Gasteiger partial charge in [-0.1, -0.05) is 18.6 Å². The van der Waals surface area contributed by atoms with Gasteiger partial charge in [0.1, 0.15) is 0 Å². The van der Waals surface area contributed by atoms with Crippen molar-refractivity contribution < 1.29 is 0 Å². The van der Waals surface area contributed by atoms with Crippen LogP contribution in [0.3, 0.4) is 0 Å². The van der Waals surface area contributed by atoms with Gasteiger partial charge in [-0.3, -0.25) is 0 Å². The lowest BCUT2D eigenvalue weighted by Gasteiger charge is -2.30. The molecule has 0 aliphatic rings. The van der Waals surface area contributed by atoms with Gasteiger partial charge in [0.05, 0.1) is 0 Å². The van der Waals surface area contributed by atoms with Crippen molar-refractivity contribution in [2.45, 2.75) is 18.6 Å². The van der Waals surface area contributed by atoms with E-state index in [0.717, 1.165) is 13.1 Å². The van der Waals surface area contributed by atoms with Gasteiger partial charge in [-0.15, -0.1) is 0 Å². The first-order valence-electron chi connectivity index (χ1n) is 2.80. The fourth-order valence-corrected chi connectivity index (χ4v) is 1.16. The van der Waals surface area contributed by atoms with Crippen LogP contribution in [-0.2, 0) is 12.6 Å². The molecule has 0 rings (SSSR count). The van der Waals surface area contributed by atoms with Crippen molar-refractivity contribution in [1.82, 2.24) is 4.90 Å². The molecule has 0 radical (unpaired) electrons. The monoisotopic (exact) mass is 150 g/mol. The molecule has 8 heavy (non-hydrogen) atoms. The summed E-state index contributed by atoms with van der Waals surface area (Å²) in [6.45, 7) is 6.15. The average Bonchev–Trinajstić information content (AvgIpc) is 1.69. The van der Waals surface area contributed by atoms with Crippen LogP contribution in [0, 0.1) is 0 Å². The third kappa shape index (κ3) is 2.84. The molecule has 0 fully saturated rings. The SMILES string of the molecule is CCN(CC)C([S-])S. The smallest absolute Gasteiger partial charge is 0.00571 e. The van der Waals surface area contributed by atoms with E-state index in [-0.39, 0.29) is 4.71 Å². The lowest BCUT2D eigenvalue weighted by Crippen LogP contribution is -2.28. The highest BCUT2D eigenvalue weighted by atomic mass is 32.2. The predicted octanol–water partition coefficient (Wildman–Crippen LogP) is 1.09. The molecule has 3 heteroatoms. The molecule has 0 bridgehead atoms. The lowest BCUT2D eigenvalue weighted by atomic mass is 10.6. The first-order valence-corrected chi connectivity index (χ1v) is 3.79. The van der Waals surface area contributed by atoms with Crippen LogP contribution in [0.15, 0.2) is 0 Å². The highest BCUT2D eigenvalue weighted by Crippen LogP contribution is 1.98. The van der Waals surface area contributed by atoms with E-state index in [2.05, 4.69) is 31.4 Å². The van der Waals surface area contributed by atoms with Gasteiger partial charge in [-0.05, 0) is 13.1 Å². The molecule has 0 saturated heterocycles. The molecule has 0 aliphatic heterocycles. The van der Waals surface area contributed by atoms with Crippen molar-refractivity contribution in [1.29, 1.82) is 0 Å². The number of thiol groups is 1. The minimum atomic E-state index is -0.00926. The zero-order valence-corrected chi connectivity index (χ0v) is 7.01. The summed E-state index contributed by atoms with van der Waals surface area (Å²) < 4.78 is -0.00926. The molecule has 0 N–H and O–H groups in total. The Morgan fingerprint density at radius 3 is 1.88 bits per heavy atom. The van der Waals surface area contributed by atoms with Crippen LogP contribution in [0.1, 0.15) is 13.8 Å². The first kappa shape index (κ1) is 8.66. The van der Waals surface area contributed by atoms with Gasteiger partial charge in [0.2, 0.25) is 0 Å². The van der Waals surface area contributed by atoms with Crippen molar-refractivity contribution in [3.05, 3.63) is 0 Å². The molecule has 0 spiro atoms. The molecule has 0 aromatic heterocycles. The summed E-state index contributed by atoms with van der Waals surface area (Å²) >= 11 is 8.98. The highest BCUT2D eigenvalue weighted by molar-refractivity contribution is 7.91. The van der Waals surface area contributed by atoms with Crippen molar-refractivity contribution >= 4 is 25.3 Å². The molecule has 0 aliphatic carbocycles. The van der Waals surface area contributed by atoms with Crippen LogP contribution in [0.5, 0.6) is 0 Å². The summed E-state index contributed by atoms with van der Waals surface area (Å²) in [6.07, 6.45) is 0. The molecule has 1 unspecified atom stereocenters. The van der Waals surface area contributed by atoms with Gasteiger partial charge < -0.3 is 17.5 Å². The summed E-state index contributed by atoms with van der Waals surface area (Å²) in [6, 6.07) is 0. The Morgan fingerprint density at radius 2 is 1.88 bits per heavy atom. The molecule has 0 aromatic rings. The van der Waals surface area contributed by atoms with Crippen LogP contribution in [0.4, 0.5) is 0 Å². The highest BCUT2D eigenvalue weighted by Gasteiger charge is 1.94. The van der Waals surface area contributed by atoms with E-state index < -0.39 is 0 Å². The molecular weight excluding hydrogens is 138 g/mol. The van der Waals surface area contributed by atoms with E-state index in [1.165, 1.54) is 0 Å². The second-order valence-electron chi connectivity index (χ2n) is 1.55. The maximum Gasteiger partial charge on any atom is -0.00571 e. The standard InChI is InChI=1S/C5H13NS2/c1-3-6(4-2)5(7)8/h5,7-8H,3-4H2,1-2H3/p-1. The maximum atomic E-state index is 4.89. The largest absolute Gasteiger partial charge is 0.763 e. The lowest BCUT2D eigenvalue weighted by molar-refractivity contribution is 0.341. The van der Waals surface area contributed by atoms with Crippen LogP contribution in [0.25, 0.3) is 0 Å². The Kier molecular flexibility index (Phi) is 4.90. The van der Waals surface area contributed by atoms with E-state index >= 15 is 0 Å². The van der Waals surface area contributed by atoms with E-state index in [1.807, 2.05) is 0 Å². The minimum Gasteiger partial charge on any atom is -0.763 e. The number of hydrogen-bond acceptors (Lipinski definition) is 3. The fraction of sp³-hybridized carbons (Fsp3) is 1.00. The van der Waals surface area contributed by atoms with Gasteiger partial charge in [-0.25, -0.2) is 0 Å². The van der Waals surface area contributed by atoms with Crippen LogP contribution >= 0.6 is 12.6 Å². The average molecular weight is 150 g/mol. The molecule has 0 saturated carbocycles. The number of hydrogen-bond donors (Lipinski definition) is 1. The summed E-state index contributed by atoms with van der Waals surface area (Å²) in [5.74, 6) is 0. The third-order valence-corrected chi connectivity index (χ3v) is 1.75. The van der Waals surface area contributed by atoms with Gasteiger partial charge in [0.15, 0.2) is 0 Å². The predicted molar refractivity (Wildman–Crippen MR) is 43.1 cm³/mol. The Balaban J connectivity index is 3.35. The second-order valence-corrected chi connectivity index (χ2v) is 2.83. The molecule has 1 atom stereocenters. The Labute approximate surface area is 62.3 Å². The summed E-state index contributed by atoms with van der Waals surface area (Å²) in [5.41, 5.74) is 0. The van der Waals surface area contributed by atoms with Crippen molar-refractivity contribution in [3.8, 4) is 0 Å². The van der Waals surface area contributed by atoms with Gasteiger partial charge >= 0.3 is 0 Å². The molecule has 1 nitrogen and oxygen atoms in total. The topological polar surface area (TPSA) is 3.24 Å². The van der Waals surface area contributed by atoms with Crippen LogP contribution < -0.4 is 0 Å². The van der Waals surface area contributed by atoms with Crippen LogP contribution in [-0.4, -0.2) is 22.7 Å². The summed E-state index contributed by atoms with van der Waals surface area (Å²) in [7, 11) is 0. The maximum absolute atomic E-state index is 4.89. The zero-order valence-electron chi connectivity index (χ0n) is 5.29. The Morgan fingerprint density at radius 1 is 1.50 bits per heavy atom. The third-order valence-electron chi connectivity index (χ3n) is 1.12. The number of rotatable bonds is 3. The number of nitrogens with zero attached hydrogens (tertiary/aromatic N) is 1. The van der Waals surface area contributed by atoms with E-state index in [1.54, 1.807) is 0 Å². The second kappa shape index (κ2) is 4.53. The Hall–Kier alpha value is 0.660. The fourth-order valence-electron chi connectivity index (χ4n) is 0.536. The van der Waals surface area contributed by atoms with Crippen molar-refractivity contribution in [3.63, 3.8) is 0 Å². The molecule has 0 aromatic carbocycles. The molecule has 0 heterocycles. The van der Waals surface area contributed by atoms with E-state index in [9.17, 15) is 0 Å². The zero-order chi connectivity index (χ0) is 6.57. The van der Waals surface area contributed by atoms with E-state index in [4.69, 9.17) is 12.6 Å². The van der Waals surface area contributed by atoms with Gasteiger partial charge in [0.25, 0.3) is 0 Å². The molecular formula is C5H12NS2-. The quantitative estimate of drug-likeness (QED) is 0.364. The first-order chi connectivity index (χ1) is 3.72. The van der Waals surface area contributed by atoms with Crippen LogP contribution in [0.2, 0.25) is 0 Å². The van der Waals surface area contributed by atoms with Gasteiger partial charge in [-0.2, -0.15) is 12.6 Å².